The van der Waals surface area contributed by atoms with Crippen molar-refractivity contribution < 1.29 is 14.4 Å². The predicted octanol–water partition coefficient (Wildman–Crippen LogP) is 4.75. The lowest BCUT2D eigenvalue weighted by molar-refractivity contribution is -0.163. The van der Waals surface area contributed by atoms with Crippen molar-refractivity contribution in [1.82, 2.24) is 15.4 Å². The van der Waals surface area contributed by atoms with Gasteiger partial charge in [-0.05, 0) is 52.9 Å². The molecule has 1 amide bonds. The van der Waals surface area contributed by atoms with Gasteiger partial charge < -0.3 is 14.5 Å². The average molecular weight is 487 g/mol. The number of pyridine rings is 1. The standard InChI is InChI=1S/C29H34N4O3/c1-20(2)19-35-21(3)36-31-29(34)27-9-6-12-30-28(27)33-17-25-15-32(16-26(25)18-33)14-22-10-11-23-7-4-5-8-24(23)13-22/h4-13,15,20-21,26H,14,16-19H2,1-3H3,(H,31,34). The van der Waals surface area contributed by atoms with Crippen molar-refractivity contribution in [2.24, 2.45) is 11.8 Å². The molecule has 2 atom stereocenters. The highest BCUT2D eigenvalue weighted by molar-refractivity contribution is 5.98. The number of nitrogens with one attached hydrogen (secondary N) is 1. The fraction of sp³-hybridized carbons (Fsp3) is 0.379. The van der Waals surface area contributed by atoms with Crippen LogP contribution in [-0.4, -0.2) is 48.3 Å². The zero-order valence-electron chi connectivity index (χ0n) is 21.2. The first kappa shape index (κ1) is 24.3. The molecule has 3 aromatic rings. The molecule has 2 aromatic carbocycles. The summed E-state index contributed by atoms with van der Waals surface area (Å²) in [7, 11) is 0. The molecule has 5 rings (SSSR count). The van der Waals surface area contributed by atoms with Gasteiger partial charge >= 0.3 is 0 Å². The number of hydroxylamine groups is 1. The number of hydrogen-bond acceptors (Lipinski definition) is 6. The van der Waals surface area contributed by atoms with Crippen LogP contribution in [0.25, 0.3) is 10.8 Å². The number of carbonyl (C=O) groups excluding carboxylic acids is 1. The Morgan fingerprint density at radius 2 is 1.92 bits per heavy atom. The van der Waals surface area contributed by atoms with E-state index in [1.807, 2.05) is 0 Å². The predicted molar refractivity (Wildman–Crippen MR) is 141 cm³/mol. The van der Waals surface area contributed by atoms with Crippen LogP contribution in [0.3, 0.4) is 0 Å². The molecule has 1 fully saturated rings. The summed E-state index contributed by atoms with van der Waals surface area (Å²) in [5.74, 6) is 1.20. The van der Waals surface area contributed by atoms with E-state index in [1.54, 1.807) is 25.3 Å². The van der Waals surface area contributed by atoms with Crippen LogP contribution in [0.15, 0.2) is 72.6 Å². The van der Waals surface area contributed by atoms with E-state index in [-0.39, 0.29) is 5.91 Å². The lowest BCUT2D eigenvalue weighted by atomic mass is 10.1. The molecule has 0 saturated carbocycles. The Kier molecular flexibility index (Phi) is 7.20. The summed E-state index contributed by atoms with van der Waals surface area (Å²) >= 11 is 0. The molecular weight excluding hydrogens is 452 g/mol. The summed E-state index contributed by atoms with van der Waals surface area (Å²) < 4.78 is 5.57. The number of benzene rings is 2. The number of ether oxygens (including phenoxy) is 1. The normalized spacial score (nSPS) is 18.0. The van der Waals surface area contributed by atoms with Crippen molar-refractivity contribution in [3.8, 4) is 0 Å². The number of hydrogen-bond donors (Lipinski definition) is 1. The maximum atomic E-state index is 12.9. The van der Waals surface area contributed by atoms with Gasteiger partial charge in [-0.15, -0.1) is 0 Å². The Morgan fingerprint density at radius 1 is 1.08 bits per heavy atom. The van der Waals surface area contributed by atoms with Gasteiger partial charge in [0.15, 0.2) is 6.29 Å². The fourth-order valence-electron chi connectivity index (χ4n) is 4.91. The second-order valence-electron chi connectivity index (χ2n) is 10.1. The van der Waals surface area contributed by atoms with Crippen molar-refractivity contribution in [1.29, 1.82) is 0 Å². The van der Waals surface area contributed by atoms with Crippen molar-refractivity contribution in [3.05, 3.63) is 83.7 Å². The van der Waals surface area contributed by atoms with Crippen LogP contribution >= 0.6 is 0 Å². The van der Waals surface area contributed by atoms with Crippen LogP contribution in [0.4, 0.5) is 5.82 Å². The van der Waals surface area contributed by atoms with E-state index in [0.717, 1.165) is 26.2 Å². The van der Waals surface area contributed by atoms with E-state index in [1.165, 1.54) is 21.9 Å². The van der Waals surface area contributed by atoms with Crippen LogP contribution in [0.5, 0.6) is 0 Å². The van der Waals surface area contributed by atoms with Crippen molar-refractivity contribution >= 4 is 22.5 Å². The zero-order valence-corrected chi connectivity index (χ0v) is 21.2. The number of anilines is 1. The van der Waals surface area contributed by atoms with Crippen LogP contribution in [0, 0.1) is 11.8 Å². The van der Waals surface area contributed by atoms with Crippen molar-refractivity contribution in [3.63, 3.8) is 0 Å². The topological polar surface area (TPSA) is 66.9 Å². The summed E-state index contributed by atoms with van der Waals surface area (Å²) in [6.07, 6.45) is 3.50. The van der Waals surface area contributed by atoms with Crippen LogP contribution in [0.2, 0.25) is 0 Å². The Hall–Kier alpha value is -3.42. The Balaban J connectivity index is 1.21. The largest absolute Gasteiger partial charge is 0.372 e. The highest BCUT2D eigenvalue weighted by atomic mass is 16.8. The minimum Gasteiger partial charge on any atom is -0.372 e. The number of amides is 1. The molecule has 3 heterocycles. The van der Waals surface area contributed by atoms with Gasteiger partial charge in [0.05, 0.1) is 12.2 Å². The quantitative estimate of drug-likeness (QED) is 0.348. The van der Waals surface area contributed by atoms with Gasteiger partial charge in [-0.1, -0.05) is 50.2 Å². The number of nitrogens with zero attached hydrogens (tertiary/aromatic N) is 3. The SMILES string of the molecule is CC(C)COC(C)ONC(=O)c1cccnc1N1CC2=CN(Cc3ccc4ccccc4c3)CC2C1. The number of fused-ring (bicyclic) bond motifs is 2. The molecule has 188 valence electrons. The molecule has 0 aliphatic carbocycles. The van der Waals surface area contributed by atoms with Gasteiger partial charge in [0.1, 0.15) is 5.82 Å². The molecule has 36 heavy (non-hydrogen) atoms. The van der Waals surface area contributed by atoms with E-state index in [0.29, 0.717) is 29.8 Å². The molecule has 1 saturated heterocycles. The monoisotopic (exact) mass is 486 g/mol. The van der Waals surface area contributed by atoms with Crippen molar-refractivity contribution in [2.75, 3.05) is 31.1 Å². The Labute approximate surface area is 212 Å². The Morgan fingerprint density at radius 3 is 2.72 bits per heavy atom. The molecule has 1 aromatic heterocycles. The summed E-state index contributed by atoms with van der Waals surface area (Å²) in [6, 6.07) is 18.7. The first-order valence-electron chi connectivity index (χ1n) is 12.7. The fourth-order valence-corrected chi connectivity index (χ4v) is 4.91. The average Bonchev–Trinajstić information content (AvgIpc) is 3.44. The molecule has 2 aliphatic rings. The van der Waals surface area contributed by atoms with Crippen molar-refractivity contribution in [2.45, 2.75) is 33.6 Å². The summed E-state index contributed by atoms with van der Waals surface area (Å²) in [6.45, 7) is 9.95. The third-order valence-electron chi connectivity index (χ3n) is 6.65. The molecule has 7 nitrogen and oxygen atoms in total. The van der Waals surface area contributed by atoms with Crippen LogP contribution < -0.4 is 10.4 Å². The second kappa shape index (κ2) is 10.7. The summed E-state index contributed by atoms with van der Waals surface area (Å²) in [4.78, 5) is 27.4. The third kappa shape index (κ3) is 5.53. The Bertz CT molecular complexity index is 1260. The molecule has 2 aliphatic heterocycles. The third-order valence-corrected chi connectivity index (χ3v) is 6.65. The van der Waals surface area contributed by atoms with Gasteiger partial charge in [0.2, 0.25) is 0 Å². The smallest absolute Gasteiger partial charge is 0.278 e. The number of rotatable bonds is 9. The maximum Gasteiger partial charge on any atom is 0.278 e. The summed E-state index contributed by atoms with van der Waals surface area (Å²) in [5.41, 5.74) is 5.74. The first-order valence-corrected chi connectivity index (χ1v) is 12.7. The van der Waals surface area contributed by atoms with Gasteiger partial charge in [-0.25, -0.2) is 15.3 Å². The highest BCUT2D eigenvalue weighted by Crippen LogP contribution is 2.34. The first-order chi connectivity index (χ1) is 17.5. The molecule has 0 radical (unpaired) electrons. The second-order valence-corrected chi connectivity index (χ2v) is 10.1. The van der Waals surface area contributed by atoms with E-state index in [9.17, 15) is 4.79 Å². The van der Waals surface area contributed by atoms with E-state index < -0.39 is 6.29 Å². The van der Waals surface area contributed by atoms with E-state index in [2.05, 4.69) is 82.8 Å². The molecule has 0 bridgehead atoms. The van der Waals surface area contributed by atoms with Crippen LogP contribution in [-0.2, 0) is 16.1 Å². The van der Waals surface area contributed by atoms with E-state index in [4.69, 9.17) is 9.57 Å². The highest BCUT2D eigenvalue weighted by Gasteiger charge is 2.35. The lowest BCUT2D eigenvalue weighted by Gasteiger charge is -2.23. The van der Waals surface area contributed by atoms with Gasteiger partial charge in [0, 0.05) is 44.5 Å². The van der Waals surface area contributed by atoms with Gasteiger partial charge in [-0.2, -0.15) is 0 Å². The van der Waals surface area contributed by atoms with Gasteiger partial charge in [-0.3, -0.25) is 4.79 Å². The maximum absolute atomic E-state index is 12.9. The van der Waals surface area contributed by atoms with E-state index >= 15 is 0 Å². The number of aromatic nitrogens is 1. The molecule has 2 unspecified atom stereocenters. The zero-order chi connectivity index (χ0) is 25.1. The van der Waals surface area contributed by atoms with Gasteiger partial charge in [0.25, 0.3) is 5.91 Å². The molecular formula is C29H34N4O3. The minimum absolute atomic E-state index is 0.318. The summed E-state index contributed by atoms with van der Waals surface area (Å²) in [5, 5.41) is 2.55. The number of carbonyl (C=O) groups is 1. The molecule has 1 N–H and O–H groups in total. The molecule has 7 heteroatoms. The van der Waals surface area contributed by atoms with Crippen LogP contribution in [0.1, 0.15) is 36.7 Å². The minimum atomic E-state index is -0.527. The lowest BCUT2D eigenvalue weighted by Crippen LogP contribution is -2.33. The molecule has 0 spiro atoms.